The fraction of sp³-hybridized carbons (Fsp3) is 0.118. The Morgan fingerprint density at radius 2 is 1.79 bits per heavy atom. The Morgan fingerprint density at radius 1 is 1.08 bits per heavy atom. The van der Waals surface area contributed by atoms with Gasteiger partial charge in [-0.3, -0.25) is 4.79 Å². The van der Waals surface area contributed by atoms with Crippen LogP contribution in [-0.2, 0) is 4.79 Å². The van der Waals surface area contributed by atoms with Crippen molar-refractivity contribution in [2.45, 2.75) is 18.0 Å². The maximum absolute atomic E-state index is 12.7. The molecule has 0 saturated heterocycles. The second-order valence-electron chi connectivity index (χ2n) is 5.08. The van der Waals surface area contributed by atoms with Gasteiger partial charge in [0.25, 0.3) is 5.78 Å². The van der Waals surface area contributed by atoms with E-state index in [0.29, 0.717) is 22.1 Å². The number of allylic oxidation sites excluding steroid dienone is 2. The summed E-state index contributed by atoms with van der Waals surface area (Å²) in [6.07, 6.45) is -4.90. The van der Waals surface area contributed by atoms with E-state index < -0.39 is 12.0 Å². The monoisotopic (exact) mass is 351 g/mol. The number of benzene rings is 2. The van der Waals surface area contributed by atoms with Crippen LogP contribution in [0.5, 0.6) is 11.5 Å². The molecule has 0 amide bonds. The fourth-order valence-electron chi connectivity index (χ4n) is 2.17. The highest BCUT2D eigenvalue weighted by Crippen LogP contribution is 2.44. The molecule has 0 spiro atoms. The van der Waals surface area contributed by atoms with Crippen molar-refractivity contribution >= 4 is 23.2 Å². The van der Waals surface area contributed by atoms with Crippen LogP contribution in [0.2, 0.25) is 0 Å². The van der Waals surface area contributed by atoms with E-state index >= 15 is 0 Å². The van der Waals surface area contributed by atoms with Crippen molar-refractivity contribution in [1.29, 1.82) is 0 Å². The molecular formula is C17H12F3NO2S. The van der Waals surface area contributed by atoms with Crippen molar-refractivity contribution in [2.24, 2.45) is 0 Å². The van der Waals surface area contributed by atoms with Crippen LogP contribution in [0.15, 0.2) is 64.0 Å². The molecule has 0 aromatic heterocycles. The number of carbonyl (C=O) groups is 1. The van der Waals surface area contributed by atoms with Crippen LogP contribution >= 0.6 is 11.8 Å². The maximum Gasteiger partial charge on any atom is 0.455 e. The van der Waals surface area contributed by atoms with Gasteiger partial charge in [-0.15, -0.1) is 0 Å². The van der Waals surface area contributed by atoms with Crippen LogP contribution < -0.4 is 10.1 Å². The number of hydrogen-bond acceptors (Lipinski definition) is 4. The first-order chi connectivity index (χ1) is 11.3. The Balaban J connectivity index is 1.87. The summed E-state index contributed by atoms with van der Waals surface area (Å²) in [5.74, 6) is -0.755. The van der Waals surface area contributed by atoms with Gasteiger partial charge in [-0.25, -0.2) is 0 Å². The molecule has 1 aliphatic heterocycles. The molecule has 0 bridgehead atoms. The first-order valence-electron chi connectivity index (χ1n) is 6.99. The highest BCUT2D eigenvalue weighted by atomic mass is 32.2. The minimum Gasteiger partial charge on any atom is -0.457 e. The van der Waals surface area contributed by atoms with Crippen LogP contribution in [0.4, 0.5) is 18.9 Å². The number of thioether (sulfide) groups is 1. The number of para-hydroxylation sites is 1. The van der Waals surface area contributed by atoms with E-state index in [1.54, 1.807) is 30.3 Å². The highest BCUT2D eigenvalue weighted by molar-refractivity contribution is 8.04. The molecule has 0 atom stereocenters. The van der Waals surface area contributed by atoms with Gasteiger partial charge in [-0.05, 0) is 37.3 Å². The summed E-state index contributed by atoms with van der Waals surface area (Å²) in [5.41, 5.74) is 0.822. The van der Waals surface area contributed by atoms with Gasteiger partial charge in [0, 0.05) is 10.6 Å². The van der Waals surface area contributed by atoms with E-state index in [4.69, 9.17) is 4.74 Å². The molecule has 7 heteroatoms. The molecule has 3 nitrogen and oxygen atoms in total. The Hall–Kier alpha value is -2.41. The second-order valence-corrected chi connectivity index (χ2v) is 6.13. The number of ether oxygens (including phenoxy) is 1. The third-order valence-corrected chi connectivity index (χ3v) is 4.52. The van der Waals surface area contributed by atoms with E-state index in [-0.39, 0.29) is 10.6 Å². The Kier molecular flexibility index (Phi) is 4.28. The molecule has 2 aromatic rings. The van der Waals surface area contributed by atoms with Crippen LogP contribution in [0, 0.1) is 0 Å². The quantitative estimate of drug-likeness (QED) is 0.808. The highest BCUT2D eigenvalue weighted by Gasteiger charge is 2.42. The van der Waals surface area contributed by atoms with Crippen molar-refractivity contribution in [3.8, 4) is 11.5 Å². The summed E-state index contributed by atoms with van der Waals surface area (Å²) in [6, 6.07) is 14.0. The largest absolute Gasteiger partial charge is 0.457 e. The third-order valence-electron chi connectivity index (χ3n) is 3.27. The number of ketones is 1. The van der Waals surface area contributed by atoms with E-state index in [0.717, 1.165) is 11.8 Å². The summed E-state index contributed by atoms with van der Waals surface area (Å²) >= 11 is 0.792. The molecule has 1 aliphatic rings. The van der Waals surface area contributed by atoms with Crippen molar-refractivity contribution < 1.29 is 22.7 Å². The maximum atomic E-state index is 12.7. The number of halogens is 3. The predicted molar refractivity (Wildman–Crippen MR) is 86.2 cm³/mol. The van der Waals surface area contributed by atoms with E-state index in [9.17, 15) is 18.0 Å². The average Bonchev–Trinajstić information content (AvgIpc) is 2.54. The van der Waals surface area contributed by atoms with Crippen molar-refractivity contribution in [2.75, 3.05) is 5.32 Å². The molecule has 24 heavy (non-hydrogen) atoms. The summed E-state index contributed by atoms with van der Waals surface area (Å²) in [5, 5.41) is 2.84. The Bertz CT molecular complexity index is 816. The van der Waals surface area contributed by atoms with Crippen LogP contribution in [0.1, 0.15) is 6.92 Å². The minimum atomic E-state index is -4.90. The third kappa shape index (κ3) is 3.41. The molecular weight excluding hydrogens is 339 g/mol. The fourth-order valence-corrected chi connectivity index (χ4v) is 3.21. The lowest BCUT2D eigenvalue weighted by molar-refractivity contribution is -0.165. The summed E-state index contributed by atoms with van der Waals surface area (Å²) in [7, 11) is 0. The van der Waals surface area contributed by atoms with E-state index in [2.05, 4.69) is 5.32 Å². The lowest BCUT2D eigenvalue weighted by Crippen LogP contribution is -2.26. The first-order valence-corrected chi connectivity index (χ1v) is 7.80. The van der Waals surface area contributed by atoms with Gasteiger partial charge in [-0.1, -0.05) is 30.0 Å². The topological polar surface area (TPSA) is 38.3 Å². The van der Waals surface area contributed by atoms with Crippen molar-refractivity contribution in [3.05, 3.63) is 59.1 Å². The van der Waals surface area contributed by atoms with Crippen molar-refractivity contribution in [3.63, 3.8) is 0 Å². The number of carbonyl (C=O) groups excluding carboxylic acids is 1. The van der Waals surface area contributed by atoms with Gasteiger partial charge in [0.1, 0.15) is 11.5 Å². The number of fused-ring (bicyclic) bond motifs is 1. The second kappa shape index (κ2) is 6.24. The molecule has 3 rings (SSSR count). The first kappa shape index (κ1) is 16.4. The molecule has 1 heterocycles. The predicted octanol–water partition coefficient (Wildman–Crippen LogP) is 5.36. The molecule has 2 aromatic carbocycles. The van der Waals surface area contributed by atoms with Crippen LogP contribution in [-0.4, -0.2) is 12.0 Å². The summed E-state index contributed by atoms with van der Waals surface area (Å²) in [4.78, 5) is 11.7. The SMILES string of the molecule is CC1=C(C(=O)C(F)(F)F)Sc2cc(Oc3ccccc3)ccc2N1. The molecule has 1 N–H and O–H groups in total. The standard InChI is InChI=1S/C17H12F3NO2S/c1-10-15(16(22)17(18,19)20)24-14-9-12(7-8-13(14)21-10)23-11-5-3-2-4-6-11/h2-9,21H,1H3. The Morgan fingerprint density at radius 3 is 2.46 bits per heavy atom. The molecule has 0 aliphatic carbocycles. The van der Waals surface area contributed by atoms with E-state index in [1.165, 1.54) is 6.92 Å². The molecule has 0 saturated carbocycles. The lowest BCUT2D eigenvalue weighted by Gasteiger charge is -2.22. The summed E-state index contributed by atoms with van der Waals surface area (Å²) < 4.78 is 43.8. The summed E-state index contributed by atoms with van der Waals surface area (Å²) in [6.45, 7) is 1.45. The number of alkyl halides is 3. The molecule has 124 valence electrons. The van der Waals surface area contributed by atoms with Gasteiger partial charge in [0.05, 0.1) is 10.6 Å². The molecule has 0 radical (unpaired) electrons. The number of rotatable bonds is 3. The normalized spacial score (nSPS) is 14.0. The zero-order valence-electron chi connectivity index (χ0n) is 12.5. The Labute approximate surface area is 140 Å². The van der Waals surface area contributed by atoms with E-state index in [1.807, 2.05) is 18.2 Å². The average molecular weight is 351 g/mol. The lowest BCUT2D eigenvalue weighted by atomic mass is 10.2. The van der Waals surface area contributed by atoms with Gasteiger partial charge < -0.3 is 10.1 Å². The number of hydrogen-bond donors (Lipinski definition) is 1. The van der Waals surface area contributed by atoms with Crippen molar-refractivity contribution in [1.82, 2.24) is 0 Å². The van der Waals surface area contributed by atoms with Gasteiger partial charge >= 0.3 is 6.18 Å². The zero-order valence-corrected chi connectivity index (χ0v) is 13.3. The number of nitrogens with one attached hydrogen (secondary N) is 1. The number of Topliss-reactive ketones (excluding diaryl/α,β-unsaturated/α-hetero) is 1. The van der Waals surface area contributed by atoms with Gasteiger partial charge in [0.15, 0.2) is 0 Å². The van der Waals surface area contributed by atoms with Gasteiger partial charge in [0.2, 0.25) is 0 Å². The van der Waals surface area contributed by atoms with Gasteiger partial charge in [-0.2, -0.15) is 13.2 Å². The number of anilines is 1. The zero-order chi connectivity index (χ0) is 17.3. The smallest absolute Gasteiger partial charge is 0.455 e. The minimum absolute atomic E-state index is 0.187. The molecule has 0 fully saturated rings. The molecule has 0 unspecified atom stereocenters. The van der Waals surface area contributed by atoms with Crippen LogP contribution in [0.3, 0.4) is 0 Å². The van der Waals surface area contributed by atoms with Crippen LogP contribution in [0.25, 0.3) is 0 Å².